The van der Waals surface area contributed by atoms with Crippen molar-refractivity contribution in [2.75, 3.05) is 13.1 Å². The smallest absolute Gasteiger partial charge is 0.370 e. The molecule has 0 spiro atoms. The van der Waals surface area contributed by atoms with Gasteiger partial charge in [0.15, 0.2) is 6.10 Å². The van der Waals surface area contributed by atoms with E-state index in [0.717, 1.165) is 12.8 Å². The number of hydrogen-bond donors (Lipinski definition) is 3. The number of ether oxygens (including phenoxy) is 1. The Kier molecular flexibility index (Phi) is 7.02. The van der Waals surface area contributed by atoms with Crippen molar-refractivity contribution >= 4 is 17.8 Å². The molecule has 23 heavy (non-hydrogen) atoms. The van der Waals surface area contributed by atoms with Crippen molar-refractivity contribution in [1.29, 1.82) is 0 Å². The predicted molar refractivity (Wildman–Crippen MR) is 83.3 cm³/mol. The first kappa shape index (κ1) is 19.0. The molecule has 0 aliphatic carbocycles. The second kappa shape index (κ2) is 8.52. The number of rotatable bonds is 7. The summed E-state index contributed by atoms with van der Waals surface area (Å²) in [6.07, 6.45) is 1.58. The van der Waals surface area contributed by atoms with Crippen LogP contribution in [0.3, 0.4) is 0 Å². The molecule has 0 unspecified atom stereocenters. The van der Waals surface area contributed by atoms with Crippen molar-refractivity contribution in [2.45, 2.75) is 51.8 Å². The summed E-state index contributed by atoms with van der Waals surface area (Å²) < 4.78 is 5.34. The van der Waals surface area contributed by atoms with E-state index in [1.54, 1.807) is 4.90 Å². The van der Waals surface area contributed by atoms with Gasteiger partial charge in [-0.25, -0.2) is 4.79 Å². The van der Waals surface area contributed by atoms with Crippen LogP contribution >= 0.6 is 0 Å². The summed E-state index contributed by atoms with van der Waals surface area (Å²) in [6, 6.07) is -1.63. The normalized spacial score (nSPS) is 23.5. The maximum atomic E-state index is 12.8. The average molecular weight is 327 g/mol. The first-order valence-electron chi connectivity index (χ1n) is 7.75. The standard InChI is InChI=1S/C15H25N3O5/c1-4-6-18(7-5-2)14(20)13-12(17-9(3)19)10(16)8-11(23-13)15(21)22/h8,10,12-13H,4-7,16H2,1-3H3,(H,17,19)(H,21,22)/t10-,12+,13+/m1/s1. The summed E-state index contributed by atoms with van der Waals surface area (Å²) in [5.41, 5.74) is 5.93. The zero-order valence-electron chi connectivity index (χ0n) is 13.7. The number of nitrogens with zero attached hydrogens (tertiary/aromatic N) is 1. The van der Waals surface area contributed by atoms with Gasteiger partial charge in [-0.15, -0.1) is 0 Å². The molecule has 1 aliphatic heterocycles. The predicted octanol–water partition coefficient (Wildman–Crippen LogP) is -0.166. The average Bonchev–Trinajstić information content (AvgIpc) is 2.47. The molecule has 2 amide bonds. The van der Waals surface area contributed by atoms with Gasteiger partial charge in [0.1, 0.15) is 0 Å². The molecule has 0 fully saturated rings. The second-order valence-electron chi connectivity index (χ2n) is 5.50. The van der Waals surface area contributed by atoms with Crippen LogP contribution < -0.4 is 11.1 Å². The number of nitrogens with one attached hydrogen (secondary N) is 1. The van der Waals surface area contributed by atoms with Gasteiger partial charge in [0.2, 0.25) is 11.7 Å². The zero-order valence-corrected chi connectivity index (χ0v) is 13.7. The Morgan fingerprint density at radius 1 is 1.30 bits per heavy atom. The Morgan fingerprint density at radius 2 is 1.87 bits per heavy atom. The van der Waals surface area contributed by atoms with E-state index >= 15 is 0 Å². The summed E-state index contributed by atoms with van der Waals surface area (Å²) in [5, 5.41) is 11.7. The van der Waals surface area contributed by atoms with Gasteiger partial charge in [0.05, 0.1) is 12.1 Å². The van der Waals surface area contributed by atoms with Crippen LogP contribution in [0.2, 0.25) is 0 Å². The Balaban J connectivity index is 3.09. The van der Waals surface area contributed by atoms with Gasteiger partial charge in [0.25, 0.3) is 5.91 Å². The van der Waals surface area contributed by atoms with Crippen LogP contribution in [0.1, 0.15) is 33.6 Å². The summed E-state index contributed by atoms with van der Waals surface area (Å²) in [7, 11) is 0. The lowest BCUT2D eigenvalue weighted by atomic mass is 9.97. The van der Waals surface area contributed by atoms with Crippen LogP contribution in [-0.2, 0) is 19.1 Å². The van der Waals surface area contributed by atoms with Crippen LogP contribution in [0.5, 0.6) is 0 Å². The second-order valence-corrected chi connectivity index (χ2v) is 5.50. The van der Waals surface area contributed by atoms with E-state index in [-0.39, 0.29) is 17.6 Å². The fourth-order valence-corrected chi connectivity index (χ4v) is 2.51. The highest BCUT2D eigenvalue weighted by Gasteiger charge is 2.41. The SMILES string of the molecule is CCCN(CCC)C(=O)[C@H]1OC(C(=O)O)=C[C@@H](N)[C@@H]1NC(C)=O. The Morgan fingerprint density at radius 3 is 2.30 bits per heavy atom. The minimum Gasteiger partial charge on any atom is -0.475 e. The van der Waals surface area contributed by atoms with Crippen molar-refractivity contribution in [1.82, 2.24) is 10.2 Å². The molecule has 3 atom stereocenters. The number of carboxylic acid groups (broad SMARTS) is 1. The maximum Gasteiger partial charge on any atom is 0.370 e. The molecule has 0 aromatic rings. The van der Waals surface area contributed by atoms with Gasteiger partial charge < -0.3 is 25.8 Å². The molecular weight excluding hydrogens is 302 g/mol. The van der Waals surface area contributed by atoms with E-state index in [4.69, 9.17) is 15.6 Å². The highest BCUT2D eigenvalue weighted by atomic mass is 16.5. The van der Waals surface area contributed by atoms with Crippen molar-refractivity contribution in [3.63, 3.8) is 0 Å². The number of aliphatic carboxylic acids is 1. The molecule has 130 valence electrons. The van der Waals surface area contributed by atoms with Crippen molar-refractivity contribution < 1.29 is 24.2 Å². The van der Waals surface area contributed by atoms with E-state index in [9.17, 15) is 14.4 Å². The molecule has 0 aromatic heterocycles. The summed E-state index contributed by atoms with van der Waals surface area (Å²) in [5.74, 6) is -2.39. The largest absolute Gasteiger partial charge is 0.475 e. The molecule has 8 nitrogen and oxygen atoms in total. The number of nitrogens with two attached hydrogens (primary N) is 1. The summed E-state index contributed by atoms with van der Waals surface area (Å²) >= 11 is 0. The number of amides is 2. The molecular formula is C15H25N3O5. The van der Waals surface area contributed by atoms with Crippen LogP contribution in [-0.4, -0.2) is 59.1 Å². The molecule has 0 radical (unpaired) electrons. The van der Waals surface area contributed by atoms with Gasteiger partial charge in [-0.3, -0.25) is 9.59 Å². The van der Waals surface area contributed by atoms with E-state index < -0.39 is 24.2 Å². The Labute approximate surface area is 135 Å². The molecule has 1 aliphatic rings. The Hall–Kier alpha value is -2.09. The van der Waals surface area contributed by atoms with Crippen molar-refractivity contribution in [3.8, 4) is 0 Å². The highest BCUT2D eigenvalue weighted by Crippen LogP contribution is 2.20. The third kappa shape index (κ3) is 4.95. The molecule has 1 rings (SSSR count). The zero-order chi connectivity index (χ0) is 17.6. The maximum absolute atomic E-state index is 12.8. The number of hydrogen-bond acceptors (Lipinski definition) is 5. The van der Waals surface area contributed by atoms with Crippen LogP contribution in [0.25, 0.3) is 0 Å². The minimum atomic E-state index is -1.29. The minimum absolute atomic E-state index is 0.364. The monoisotopic (exact) mass is 327 g/mol. The van der Waals surface area contributed by atoms with Gasteiger partial charge in [-0.05, 0) is 18.9 Å². The lowest BCUT2D eigenvalue weighted by Crippen LogP contribution is -2.61. The van der Waals surface area contributed by atoms with Crippen molar-refractivity contribution in [3.05, 3.63) is 11.8 Å². The van der Waals surface area contributed by atoms with Crippen LogP contribution in [0, 0.1) is 0 Å². The summed E-state index contributed by atoms with van der Waals surface area (Å²) in [4.78, 5) is 36.9. The van der Waals surface area contributed by atoms with Gasteiger partial charge >= 0.3 is 5.97 Å². The van der Waals surface area contributed by atoms with Crippen LogP contribution in [0.4, 0.5) is 0 Å². The molecule has 0 aromatic carbocycles. The Bertz CT molecular complexity index is 486. The fourth-order valence-electron chi connectivity index (χ4n) is 2.51. The van der Waals surface area contributed by atoms with Crippen molar-refractivity contribution in [2.24, 2.45) is 5.73 Å². The quantitative estimate of drug-likeness (QED) is 0.597. The molecule has 8 heteroatoms. The molecule has 0 saturated carbocycles. The molecule has 0 bridgehead atoms. The lowest BCUT2D eigenvalue weighted by Gasteiger charge is -2.36. The highest BCUT2D eigenvalue weighted by molar-refractivity contribution is 5.88. The number of carbonyl (C=O) groups excluding carboxylic acids is 2. The van der Waals surface area contributed by atoms with Gasteiger partial charge in [0, 0.05) is 20.0 Å². The number of carboxylic acids is 1. The molecule has 4 N–H and O–H groups in total. The number of carbonyl (C=O) groups is 3. The third-order valence-corrected chi connectivity index (χ3v) is 3.46. The van der Waals surface area contributed by atoms with E-state index in [1.165, 1.54) is 13.0 Å². The first-order valence-corrected chi connectivity index (χ1v) is 7.75. The van der Waals surface area contributed by atoms with Gasteiger partial charge in [-0.2, -0.15) is 0 Å². The summed E-state index contributed by atoms with van der Waals surface area (Å²) in [6.45, 7) is 6.25. The molecule has 0 saturated heterocycles. The topological polar surface area (TPSA) is 122 Å². The third-order valence-electron chi connectivity index (χ3n) is 3.46. The molecule has 1 heterocycles. The van der Waals surface area contributed by atoms with E-state index in [1.807, 2.05) is 13.8 Å². The van der Waals surface area contributed by atoms with Crippen LogP contribution in [0.15, 0.2) is 11.8 Å². The van der Waals surface area contributed by atoms with Gasteiger partial charge in [-0.1, -0.05) is 13.8 Å². The van der Waals surface area contributed by atoms with E-state index in [0.29, 0.717) is 13.1 Å². The fraction of sp³-hybridized carbons (Fsp3) is 0.667. The van der Waals surface area contributed by atoms with E-state index in [2.05, 4.69) is 5.32 Å². The lowest BCUT2D eigenvalue weighted by molar-refractivity contribution is -0.149. The first-order chi connectivity index (χ1) is 10.8.